The number of hydrogen-bond acceptors (Lipinski definition) is 2. The van der Waals surface area contributed by atoms with E-state index in [1.54, 1.807) is 5.06 Å². The van der Waals surface area contributed by atoms with Gasteiger partial charge in [-0.25, -0.2) is 0 Å². The van der Waals surface area contributed by atoms with Crippen molar-refractivity contribution in [2.75, 3.05) is 0 Å². The van der Waals surface area contributed by atoms with E-state index >= 15 is 0 Å². The van der Waals surface area contributed by atoms with Gasteiger partial charge >= 0.3 is 0 Å². The molecule has 0 aromatic carbocycles. The Morgan fingerprint density at radius 2 is 1.47 bits per heavy atom. The van der Waals surface area contributed by atoms with Crippen molar-refractivity contribution in [1.29, 1.82) is 0 Å². The van der Waals surface area contributed by atoms with Crippen LogP contribution in [0.1, 0.15) is 93.4 Å². The van der Waals surface area contributed by atoms with Crippen molar-refractivity contribution in [1.82, 2.24) is 5.06 Å². The zero-order valence-electron chi connectivity index (χ0n) is 14.4. The summed E-state index contributed by atoms with van der Waals surface area (Å²) in [4.78, 5) is 0. The third kappa shape index (κ3) is 9.45. The van der Waals surface area contributed by atoms with E-state index in [0.717, 1.165) is 19.3 Å². The lowest BCUT2D eigenvalue weighted by atomic mass is 9.89. The Labute approximate surface area is 121 Å². The van der Waals surface area contributed by atoms with Gasteiger partial charge in [0.15, 0.2) is 0 Å². The molecule has 0 radical (unpaired) electrons. The molecule has 0 bridgehead atoms. The average molecular weight is 271 g/mol. The van der Waals surface area contributed by atoms with E-state index in [2.05, 4.69) is 48.5 Å². The van der Waals surface area contributed by atoms with Crippen molar-refractivity contribution in [2.24, 2.45) is 5.41 Å². The first-order chi connectivity index (χ1) is 8.58. The molecule has 0 spiro atoms. The number of nitrogens with zero attached hydrogens (tertiary/aromatic N) is 1. The van der Waals surface area contributed by atoms with Gasteiger partial charge in [0.05, 0.1) is 0 Å². The maximum Gasteiger partial charge on any atom is 0.0379 e. The van der Waals surface area contributed by atoms with Gasteiger partial charge in [-0.3, -0.25) is 0 Å². The van der Waals surface area contributed by atoms with Gasteiger partial charge in [-0.1, -0.05) is 53.4 Å². The number of rotatable bonds is 8. The van der Waals surface area contributed by atoms with E-state index in [-0.39, 0.29) is 5.54 Å². The molecule has 1 atom stereocenters. The molecule has 0 saturated carbocycles. The Hall–Kier alpha value is -0.0800. The SMILES string of the molecule is CCCC(CCCCCC(C)(C)C)N(O)C(C)(C)C. The van der Waals surface area contributed by atoms with Crippen molar-refractivity contribution >= 4 is 0 Å². The first kappa shape index (κ1) is 18.9. The van der Waals surface area contributed by atoms with Crippen molar-refractivity contribution < 1.29 is 5.21 Å². The van der Waals surface area contributed by atoms with Gasteiger partial charge in [0.2, 0.25) is 0 Å². The standard InChI is InChI=1S/C17H37NO/c1-8-12-15(18(19)17(5,6)7)13-10-9-11-14-16(2,3)4/h15,19H,8-14H2,1-7H3. The minimum atomic E-state index is -0.148. The lowest BCUT2D eigenvalue weighted by molar-refractivity contribution is -0.190. The van der Waals surface area contributed by atoms with E-state index in [1.807, 2.05) is 0 Å². The zero-order valence-corrected chi connectivity index (χ0v) is 14.4. The van der Waals surface area contributed by atoms with Gasteiger partial charge in [0.1, 0.15) is 0 Å². The van der Waals surface area contributed by atoms with Crippen LogP contribution in [0.3, 0.4) is 0 Å². The molecule has 0 fully saturated rings. The van der Waals surface area contributed by atoms with Crippen LogP contribution in [0.25, 0.3) is 0 Å². The summed E-state index contributed by atoms with van der Waals surface area (Å²) in [5.74, 6) is 0. The van der Waals surface area contributed by atoms with E-state index in [4.69, 9.17) is 0 Å². The number of unbranched alkanes of at least 4 members (excludes halogenated alkanes) is 2. The summed E-state index contributed by atoms with van der Waals surface area (Å²) in [6, 6.07) is 0.319. The molecule has 2 heteroatoms. The van der Waals surface area contributed by atoms with Crippen molar-refractivity contribution in [3.63, 3.8) is 0 Å². The Balaban J connectivity index is 4.02. The smallest absolute Gasteiger partial charge is 0.0379 e. The minimum Gasteiger partial charge on any atom is -0.313 e. The second-order valence-electron chi connectivity index (χ2n) is 8.12. The summed E-state index contributed by atoms with van der Waals surface area (Å²) >= 11 is 0. The van der Waals surface area contributed by atoms with Gasteiger partial charge in [-0.15, -0.1) is 0 Å². The molecule has 0 heterocycles. The molecule has 1 N–H and O–H groups in total. The Morgan fingerprint density at radius 3 is 1.89 bits per heavy atom. The predicted octanol–water partition coefficient (Wildman–Crippen LogP) is 5.64. The quantitative estimate of drug-likeness (QED) is 0.456. The highest BCUT2D eigenvalue weighted by atomic mass is 16.5. The minimum absolute atomic E-state index is 0.148. The molecule has 0 saturated heterocycles. The van der Waals surface area contributed by atoms with E-state index < -0.39 is 0 Å². The summed E-state index contributed by atoms with van der Waals surface area (Å²) in [7, 11) is 0. The van der Waals surface area contributed by atoms with Gasteiger partial charge in [0.25, 0.3) is 0 Å². The Morgan fingerprint density at radius 1 is 0.895 bits per heavy atom. The molecule has 0 amide bonds. The predicted molar refractivity (Wildman–Crippen MR) is 84.6 cm³/mol. The fourth-order valence-electron chi connectivity index (χ4n) is 2.48. The monoisotopic (exact) mass is 271 g/mol. The lowest BCUT2D eigenvalue weighted by Crippen LogP contribution is -2.45. The fourth-order valence-corrected chi connectivity index (χ4v) is 2.48. The average Bonchev–Trinajstić information content (AvgIpc) is 2.23. The molecule has 1 unspecified atom stereocenters. The van der Waals surface area contributed by atoms with Crippen molar-refractivity contribution in [2.45, 2.75) is 105 Å². The van der Waals surface area contributed by atoms with E-state index in [1.165, 1.54) is 25.7 Å². The van der Waals surface area contributed by atoms with Gasteiger partial charge in [0, 0.05) is 11.6 Å². The molecule has 0 aromatic heterocycles. The van der Waals surface area contributed by atoms with Gasteiger partial charge in [-0.05, 0) is 45.4 Å². The van der Waals surface area contributed by atoms with E-state index in [0.29, 0.717) is 11.5 Å². The summed E-state index contributed by atoms with van der Waals surface area (Å²) in [6.07, 6.45) is 8.47. The number of hydroxylamine groups is 2. The summed E-state index contributed by atoms with van der Waals surface area (Å²) in [6.45, 7) is 15.4. The normalized spacial score (nSPS) is 15.0. The molecule has 0 rings (SSSR count). The van der Waals surface area contributed by atoms with Crippen LogP contribution in [0.15, 0.2) is 0 Å². The maximum absolute atomic E-state index is 10.3. The molecule has 0 aliphatic rings. The van der Waals surface area contributed by atoms with Crippen LogP contribution in [0.2, 0.25) is 0 Å². The number of hydrogen-bond donors (Lipinski definition) is 1. The van der Waals surface area contributed by atoms with Gasteiger partial charge in [-0.2, -0.15) is 5.06 Å². The molecule has 19 heavy (non-hydrogen) atoms. The second-order valence-corrected chi connectivity index (χ2v) is 8.12. The Bertz CT molecular complexity index is 224. The van der Waals surface area contributed by atoms with Crippen LogP contribution in [0.5, 0.6) is 0 Å². The van der Waals surface area contributed by atoms with E-state index in [9.17, 15) is 5.21 Å². The van der Waals surface area contributed by atoms with Crippen LogP contribution in [0, 0.1) is 5.41 Å². The summed E-state index contributed by atoms with van der Waals surface area (Å²) in [5, 5.41) is 11.9. The zero-order chi connectivity index (χ0) is 15.1. The Kier molecular flexibility index (Phi) is 8.23. The molecule has 0 aliphatic heterocycles. The summed E-state index contributed by atoms with van der Waals surface area (Å²) in [5.41, 5.74) is 0.308. The van der Waals surface area contributed by atoms with Gasteiger partial charge < -0.3 is 5.21 Å². The lowest BCUT2D eigenvalue weighted by Gasteiger charge is -2.36. The van der Waals surface area contributed by atoms with Crippen LogP contribution in [-0.2, 0) is 0 Å². The van der Waals surface area contributed by atoms with Crippen LogP contribution in [-0.4, -0.2) is 21.9 Å². The first-order valence-electron chi connectivity index (χ1n) is 8.06. The molecule has 2 nitrogen and oxygen atoms in total. The van der Waals surface area contributed by atoms with Crippen LogP contribution < -0.4 is 0 Å². The second kappa shape index (κ2) is 8.26. The fraction of sp³-hybridized carbons (Fsp3) is 1.00. The van der Waals surface area contributed by atoms with Crippen molar-refractivity contribution in [3.05, 3.63) is 0 Å². The molecule has 116 valence electrons. The molecule has 0 aliphatic carbocycles. The highest BCUT2D eigenvalue weighted by Crippen LogP contribution is 2.24. The van der Waals surface area contributed by atoms with Crippen LogP contribution in [0.4, 0.5) is 0 Å². The van der Waals surface area contributed by atoms with Crippen molar-refractivity contribution in [3.8, 4) is 0 Å². The third-order valence-corrected chi connectivity index (χ3v) is 3.62. The molecule has 0 aromatic rings. The first-order valence-corrected chi connectivity index (χ1v) is 8.06. The van der Waals surface area contributed by atoms with Crippen LogP contribution >= 0.6 is 0 Å². The third-order valence-electron chi connectivity index (χ3n) is 3.62. The highest BCUT2D eigenvalue weighted by Gasteiger charge is 2.26. The topological polar surface area (TPSA) is 23.5 Å². The largest absolute Gasteiger partial charge is 0.313 e. The summed E-state index contributed by atoms with van der Waals surface area (Å²) < 4.78 is 0. The maximum atomic E-state index is 10.3. The molecular formula is C17H37NO. The molecular weight excluding hydrogens is 234 g/mol. The highest BCUT2D eigenvalue weighted by molar-refractivity contribution is 4.76.